The Morgan fingerprint density at radius 1 is 0.625 bits per heavy atom. The summed E-state index contributed by atoms with van der Waals surface area (Å²) in [5, 5.41) is 0. The van der Waals surface area contributed by atoms with Gasteiger partial charge in [-0.25, -0.2) is 0 Å². The van der Waals surface area contributed by atoms with Crippen molar-refractivity contribution in [3.8, 4) is 35.0 Å². The smallest absolute Gasteiger partial charge is 0.212 e. The minimum absolute atomic E-state index is 1.42. The zero-order chi connectivity index (χ0) is 11.5. The zero-order valence-corrected chi connectivity index (χ0v) is 9.22. The van der Waals surface area contributed by atoms with E-state index in [0.29, 0.717) is 0 Å². The average Bonchev–Trinajstić information content (AvgIpc) is 2.29. The third-order valence-electron chi connectivity index (χ3n) is 1.20. The molecule has 0 fully saturated rings. The molecule has 0 aromatic rings. The Hall–Kier alpha value is -2.49. The minimum atomic E-state index is -2.17. The summed E-state index contributed by atoms with van der Waals surface area (Å²) in [4.78, 5) is 0. The van der Waals surface area contributed by atoms with Crippen molar-refractivity contribution in [2.75, 3.05) is 0 Å². The summed E-state index contributed by atoms with van der Waals surface area (Å²) in [6, 6.07) is 0. The predicted octanol–water partition coefficient (Wildman–Crippen LogP) is 2.22. The van der Waals surface area contributed by atoms with Gasteiger partial charge in [0.15, 0.2) is 0 Å². The first kappa shape index (κ1) is 11.6. The SMILES string of the molecule is O=[PH]1C#CC=C=C=CC#CC=C=C=CC#C1. The second kappa shape index (κ2) is 7.87. The van der Waals surface area contributed by atoms with Crippen LogP contribution in [0.3, 0.4) is 0 Å². The van der Waals surface area contributed by atoms with Gasteiger partial charge in [-0.05, 0) is 11.3 Å². The van der Waals surface area contributed by atoms with Gasteiger partial charge in [-0.15, -0.1) is 0 Å². The van der Waals surface area contributed by atoms with E-state index in [0.717, 1.165) is 0 Å². The van der Waals surface area contributed by atoms with Gasteiger partial charge in [-0.2, -0.15) is 0 Å². The Bertz CT molecular complexity index is 619. The molecule has 1 aliphatic rings. The highest BCUT2D eigenvalue weighted by Crippen LogP contribution is 2.13. The lowest BCUT2D eigenvalue weighted by molar-refractivity contribution is 0.599. The molecule has 0 aromatic carbocycles. The number of hydrogen-bond donors (Lipinski definition) is 0. The van der Waals surface area contributed by atoms with Gasteiger partial charge in [-0.3, -0.25) is 4.57 Å². The summed E-state index contributed by atoms with van der Waals surface area (Å²) in [5.41, 5.74) is 15.6. The van der Waals surface area contributed by atoms with Crippen molar-refractivity contribution in [1.29, 1.82) is 0 Å². The highest BCUT2D eigenvalue weighted by atomic mass is 31.1. The van der Waals surface area contributed by atoms with Crippen molar-refractivity contribution in [2.24, 2.45) is 0 Å². The van der Waals surface area contributed by atoms with Crippen LogP contribution in [0.15, 0.2) is 47.2 Å². The molecule has 0 saturated carbocycles. The van der Waals surface area contributed by atoms with E-state index in [1.54, 1.807) is 0 Å². The molecular weight excluding hydrogens is 215 g/mol. The molecule has 0 aromatic heterocycles. The van der Waals surface area contributed by atoms with Crippen LogP contribution in [0.4, 0.5) is 0 Å². The van der Waals surface area contributed by atoms with E-state index in [1.807, 2.05) is 0 Å². The molecule has 16 heavy (non-hydrogen) atoms. The van der Waals surface area contributed by atoms with E-state index in [9.17, 15) is 4.57 Å². The molecule has 0 amide bonds. The van der Waals surface area contributed by atoms with Crippen LogP contribution in [0.5, 0.6) is 0 Å². The zero-order valence-electron chi connectivity index (χ0n) is 8.22. The van der Waals surface area contributed by atoms with E-state index in [-0.39, 0.29) is 0 Å². The first-order chi connectivity index (χ1) is 7.89. The molecule has 72 valence electrons. The third kappa shape index (κ3) is 6.04. The maximum absolute atomic E-state index is 11.2. The first-order valence-corrected chi connectivity index (χ1v) is 5.67. The first-order valence-electron chi connectivity index (χ1n) is 4.26. The standard InChI is InChI=1S/C14H5OP/c15-16-13-11-9-7-5-3-1-2-4-6-8-10-12-14-16/h3-4,9-10,16H. The number of rotatable bonds is 0. The van der Waals surface area contributed by atoms with Crippen molar-refractivity contribution in [3.05, 3.63) is 47.2 Å². The minimum Gasteiger partial charge on any atom is -0.299 e. The lowest BCUT2D eigenvalue weighted by Crippen LogP contribution is -1.49. The van der Waals surface area contributed by atoms with Crippen LogP contribution in [-0.4, -0.2) is 0 Å². The fraction of sp³-hybridized carbons (Fsp3) is 0. The van der Waals surface area contributed by atoms with Gasteiger partial charge in [-0.1, -0.05) is 46.6 Å². The molecule has 0 N–H and O–H groups in total. The normalized spacial score (nSPS) is 15.9. The van der Waals surface area contributed by atoms with Gasteiger partial charge in [0.2, 0.25) is 7.80 Å². The van der Waals surface area contributed by atoms with Gasteiger partial charge in [0, 0.05) is 24.3 Å². The molecule has 0 aliphatic carbocycles. The second-order valence-electron chi connectivity index (χ2n) is 2.31. The van der Waals surface area contributed by atoms with Crippen molar-refractivity contribution < 1.29 is 4.57 Å². The molecule has 1 aliphatic heterocycles. The monoisotopic (exact) mass is 220 g/mol. The van der Waals surface area contributed by atoms with Crippen LogP contribution in [0.1, 0.15) is 0 Å². The van der Waals surface area contributed by atoms with Crippen molar-refractivity contribution >= 4 is 7.80 Å². The fourth-order valence-electron chi connectivity index (χ4n) is 0.629. The molecule has 0 unspecified atom stereocenters. The van der Waals surface area contributed by atoms with Gasteiger partial charge in [0.1, 0.15) is 0 Å². The van der Waals surface area contributed by atoms with E-state index < -0.39 is 7.80 Å². The summed E-state index contributed by atoms with van der Waals surface area (Å²) in [6.07, 6.45) is 5.84. The highest BCUT2D eigenvalue weighted by molar-refractivity contribution is 7.55. The van der Waals surface area contributed by atoms with E-state index in [2.05, 4.69) is 57.9 Å². The van der Waals surface area contributed by atoms with Crippen molar-refractivity contribution in [3.63, 3.8) is 0 Å². The highest BCUT2D eigenvalue weighted by Gasteiger charge is 1.79. The Morgan fingerprint density at radius 2 is 1.00 bits per heavy atom. The molecular formula is C14H5OP. The molecule has 0 spiro atoms. The topological polar surface area (TPSA) is 17.1 Å². The van der Waals surface area contributed by atoms with E-state index in [4.69, 9.17) is 0 Å². The molecule has 2 heteroatoms. The Morgan fingerprint density at radius 3 is 1.44 bits per heavy atom. The maximum atomic E-state index is 11.2. The number of hydrogen-bond acceptors (Lipinski definition) is 1. The largest absolute Gasteiger partial charge is 0.299 e. The average molecular weight is 220 g/mol. The van der Waals surface area contributed by atoms with Gasteiger partial charge >= 0.3 is 0 Å². The number of allylic oxidation sites excluding steroid dienone is 4. The van der Waals surface area contributed by atoms with Gasteiger partial charge < -0.3 is 0 Å². The van der Waals surface area contributed by atoms with Crippen LogP contribution >= 0.6 is 7.80 Å². The second-order valence-corrected chi connectivity index (χ2v) is 3.47. The summed E-state index contributed by atoms with van der Waals surface area (Å²) < 4.78 is 11.2. The van der Waals surface area contributed by atoms with Crippen LogP contribution in [0, 0.1) is 35.0 Å². The molecule has 1 rings (SSSR count). The predicted molar refractivity (Wildman–Crippen MR) is 64.7 cm³/mol. The van der Waals surface area contributed by atoms with E-state index >= 15 is 0 Å². The lowest BCUT2D eigenvalue weighted by Gasteiger charge is -1.69. The molecule has 0 bridgehead atoms. The Balaban J connectivity index is 3.16. The summed E-state index contributed by atoms with van der Waals surface area (Å²) >= 11 is 0. The van der Waals surface area contributed by atoms with E-state index in [1.165, 1.54) is 24.3 Å². The Kier molecular flexibility index (Phi) is 5.70. The van der Waals surface area contributed by atoms with Crippen LogP contribution in [0.25, 0.3) is 0 Å². The quantitative estimate of drug-likeness (QED) is 0.347. The molecule has 0 radical (unpaired) electrons. The van der Waals surface area contributed by atoms with Crippen molar-refractivity contribution in [1.82, 2.24) is 0 Å². The molecule has 0 saturated heterocycles. The maximum Gasteiger partial charge on any atom is 0.212 e. The molecule has 1 heterocycles. The van der Waals surface area contributed by atoms with Gasteiger partial charge in [0.05, 0.1) is 0 Å². The van der Waals surface area contributed by atoms with Crippen LogP contribution < -0.4 is 0 Å². The summed E-state index contributed by atoms with van der Waals surface area (Å²) in [5.74, 6) is 10.5. The fourth-order valence-corrected chi connectivity index (χ4v) is 1.10. The lowest BCUT2D eigenvalue weighted by atomic mass is 10.5. The van der Waals surface area contributed by atoms with Crippen LogP contribution in [-0.2, 0) is 4.57 Å². The van der Waals surface area contributed by atoms with Crippen LogP contribution in [0.2, 0.25) is 0 Å². The summed E-state index contributed by atoms with van der Waals surface area (Å²) in [6.45, 7) is 0. The Labute approximate surface area is 95.0 Å². The van der Waals surface area contributed by atoms with Gasteiger partial charge in [0.25, 0.3) is 0 Å². The molecule has 1 nitrogen and oxygen atoms in total. The molecule has 0 atom stereocenters. The van der Waals surface area contributed by atoms with Crippen molar-refractivity contribution in [2.45, 2.75) is 0 Å². The third-order valence-corrected chi connectivity index (χ3v) is 1.94. The summed E-state index contributed by atoms with van der Waals surface area (Å²) in [7, 11) is -2.17.